The number of esters is 1. The van der Waals surface area contributed by atoms with Gasteiger partial charge in [0.1, 0.15) is 33.4 Å². The van der Waals surface area contributed by atoms with Crippen LogP contribution in [0.3, 0.4) is 0 Å². The third-order valence-electron chi connectivity index (χ3n) is 4.57. The summed E-state index contributed by atoms with van der Waals surface area (Å²) < 4.78 is 24.5. The maximum Gasteiger partial charge on any atom is 0.349 e. The zero-order valence-corrected chi connectivity index (χ0v) is 19.2. The number of carbonyl (C=O) groups is 3. The van der Waals surface area contributed by atoms with Crippen LogP contribution < -0.4 is 26.8 Å². The van der Waals surface area contributed by atoms with Crippen LogP contribution in [-0.2, 0) is 14.3 Å². The number of hydrogen-bond acceptors (Lipinski definition) is 10. The molecule has 0 fully saturated rings. The number of carbonyl (C=O) groups excluding carboxylic acids is 3. The fraction of sp³-hybridized carbons (Fsp3) is 0.286. The highest BCUT2D eigenvalue weighted by Gasteiger charge is 2.22. The Hall–Kier alpha value is -3.84. The second-order valence-corrected chi connectivity index (χ2v) is 8.11. The molecule has 0 spiro atoms. The fourth-order valence-corrected chi connectivity index (χ4v) is 4.01. The average molecular weight is 491 g/mol. The van der Waals surface area contributed by atoms with Gasteiger partial charge in [-0.05, 0) is 31.5 Å². The first kappa shape index (κ1) is 24.8. The van der Waals surface area contributed by atoms with Gasteiger partial charge in [-0.3, -0.25) is 9.59 Å². The lowest BCUT2D eigenvalue weighted by Crippen LogP contribution is -2.38. The molecule has 0 aliphatic rings. The van der Waals surface area contributed by atoms with E-state index in [-0.39, 0.29) is 23.7 Å². The second kappa shape index (κ2) is 10.9. The number of nitrogens with two attached hydrogens (primary N) is 2. The van der Waals surface area contributed by atoms with E-state index >= 15 is 0 Å². The summed E-state index contributed by atoms with van der Waals surface area (Å²) in [5.41, 5.74) is 11.3. The molecule has 1 unspecified atom stereocenters. The van der Waals surface area contributed by atoms with Crippen LogP contribution in [0.2, 0.25) is 0 Å². The third kappa shape index (κ3) is 5.74. The Morgan fingerprint density at radius 3 is 2.74 bits per heavy atom. The van der Waals surface area contributed by atoms with E-state index in [2.05, 4.69) is 20.6 Å². The standard InChI is InChI=1S/C21H23FN6O5S/c1-10-16-18(26-9-27-20(16)34-17(10)21(31)32-8-15(24)29)28-13-4-3-12(22)7-14(13)33-11(2)19(30)25-6-5-23/h3-4,7,9,11H,5-6,8,23H2,1-2H3,(H2,24,29)(H,25,30)(H,26,27,28). The number of rotatable bonds is 10. The molecule has 0 aliphatic heterocycles. The molecule has 3 rings (SSSR count). The number of benzene rings is 1. The topological polar surface area (TPSA) is 172 Å². The van der Waals surface area contributed by atoms with Crippen molar-refractivity contribution in [2.45, 2.75) is 20.0 Å². The molecule has 2 heterocycles. The number of ether oxygens (including phenoxy) is 2. The van der Waals surface area contributed by atoms with Crippen molar-refractivity contribution in [2.75, 3.05) is 25.0 Å². The van der Waals surface area contributed by atoms with E-state index in [0.717, 1.165) is 17.4 Å². The van der Waals surface area contributed by atoms with Crippen molar-refractivity contribution in [1.82, 2.24) is 15.3 Å². The van der Waals surface area contributed by atoms with E-state index < -0.39 is 36.3 Å². The maximum atomic E-state index is 13.9. The molecular weight excluding hydrogens is 467 g/mol. The molecule has 180 valence electrons. The Kier molecular flexibility index (Phi) is 7.91. The average Bonchev–Trinajstić information content (AvgIpc) is 3.14. The summed E-state index contributed by atoms with van der Waals surface area (Å²) in [6, 6.07) is 3.80. The molecule has 1 atom stereocenters. The third-order valence-corrected chi connectivity index (χ3v) is 5.75. The van der Waals surface area contributed by atoms with Crippen LogP contribution in [0.5, 0.6) is 5.75 Å². The molecule has 1 aromatic carbocycles. The second-order valence-electron chi connectivity index (χ2n) is 7.11. The summed E-state index contributed by atoms with van der Waals surface area (Å²) in [5.74, 6) is -2.05. The summed E-state index contributed by atoms with van der Waals surface area (Å²) in [4.78, 5) is 44.6. The number of amides is 2. The van der Waals surface area contributed by atoms with Crippen LogP contribution >= 0.6 is 11.3 Å². The number of nitrogens with one attached hydrogen (secondary N) is 2. The van der Waals surface area contributed by atoms with Gasteiger partial charge < -0.3 is 31.6 Å². The molecule has 6 N–H and O–H groups in total. The predicted octanol–water partition coefficient (Wildman–Crippen LogP) is 1.37. The van der Waals surface area contributed by atoms with Gasteiger partial charge in [0.25, 0.3) is 11.8 Å². The van der Waals surface area contributed by atoms with Crippen molar-refractivity contribution in [3.8, 4) is 5.75 Å². The summed E-state index contributed by atoms with van der Waals surface area (Å²) >= 11 is 1.07. The zero-order chi connectivity index (χ0) is 24.8. The summed E-state index contributed by atoms with van der Waals surface area (Å²) in [6.07, 6.45) is 0.375. The summed E-state index contributed by atoms with van der Waals surface area (Å²) in [6.45, 7) is 3.21. The Balaban J connectivity index is 1.91. The molecule has 34 heavy (non-hydrogen) atoms. The molecule has 3 aromatic rings. The number of thiophene rings is 1. The SMILES string of the molecule is Cc1c(C(=O)OCC(N)=O)sc2ncnc(Nc3ccc(F)cc3OC(C)C(=O)NCCN)c12. The largest absolute Gasteiger partial charge is 0.479 e. The number of fused-ring (bicyclic) bond motifs is 1. The minimum atomic E-state index is -0.922. The van der Waals surface area contributed by atoms with Crippen molar-refractivity contribution >= 4 is 50.8 Å². The van der Waals surface area contributed by atoms with Crippen LogP contribution in [0.4, 0.5) is 15.9 Å². The predicted molar refractivity (Wildman–Crippen MR) is 123 cm³/mol. The number of aromatic nitrogens is 2. The van der Waals surface area contributed by atoms with Crippen LogP contribution in [0.25, 0.3) is 10.2 Å². The Morgan fingerprint density at radius 2 is 2.03 bits per heavy atom. The molecule has 11 nitrogen and oxygen atoms in total. The zero-order valence-electron chi connectivity index (χ0n) is 18.4. The van der Waals surface area contributed by atoms with Gasteiger partial charge in [0.15, 0.2) is 12.7 Å². The molecule has 0 bridgehead atoms. The monoisotopic (exact) mass is 490 g/mol. The number of hydrogen-bond donors (Lipinski definition) is 4. The van der Waals surface area contributed by atoms with Gasteiger partial charge in [0.2, 0.25) is 0 Å². The number of nitrogens with zero attached hydrogens (tertiary/aromatic N) is 2. The molecule has 2 aromatic heterocycles. The molecule has 13 heteroatoms. The Bertz CT molecular complexity index is 1230. The fourth-order valence-electron chi connectivity index (χ4n) is 2.97. The van der Waals surface area contributed by atoms with Crippen LogP contribution in [0.15, 0.2) is 24.5 Å². The van der Waals surface area contributed by atoms with Gasteiger partial charge in [-0.1, -0.05) is 0 Å². The first-order chi connectivity index (χ1) is 16.2. The van der Waals surface area contributed by atoms with Gasteiger partial charge in [-0.15, -0.1) is 11.3 Å². The number of anilines is 2. The molecule has 0 saturated carbocycles. The normalized spacial score (nSPS) is 11.6. The first-order valence-electron chi connectivity index (χ1n) is 10.1. The van der Waals surface area contributed by atoms with Crippen LogP contribution in [0, 0.1) is 12.7 Å². The minimum absolute atomic E-state index is 0.0798. The van der Waals surface area contributed by atoms with Crippen LogP contribution in [-0.4, -0.2) is 53.6 Å². The number of aryl methyl sites for hydroxylation is 1. The Labute approximate surface area is 197 Å². The van der Waals surface area contributed by atoms with Gasteiger partial charge in [-0.25, -0.2) is 19.2 Å². The maximum absolute atomic E-state index is 13.9. The molecule has 2 amide bonds. The molecule has 0 aliphatic carbocycles. The molecule has 0 saturated heterocycles. The van der Waals surface area contributed by atoms with Crippen molar-refractivity contribution in [3.63, 3.8) is 0 Å². The molecular formula is C21H23FN6O5S. The Morgan fingerprint density at radius 1 is 1.26 bits per heavy atom. The lowest BCUT2D eigenvalue weighted by Gasteiger charge is -2.18. The number of primary amides is 1. The van der Waals surface area contributed by atoms with Crippen molar-refractivity contribution in [1.29, 1.82) is 0 Å². The summed E-state index contributed by atoms with van der Waals surface area (Å²) in [5, 5.41) is 6.19. The summed E-state index contributed by atoms with van der Waals surface area (Å²) in [7, 11) is 0. The molecule has 0 radical (unpaired) electrons. The van der Waals surface area contributed by atoms with E-state index in [4.69, 9.17) is 20.9 Å². The van der Waals surface area contributed by atoms with Crippen molar-refractivity contribution in [2.24, 2.45) is 11.5 Å². The minimum Gasteiger partial charge on any atom is -0.479 e. The smallest absolute Gasteiger partial charge is 0.349 e. The van der Waals surface area contributed by atoms with Crippen molar-refractivity contribution < 1.29 is 28.2 Å². The highest BCUT2D eigenvalue weighted by molar-refractivity contribution is 7.20. The lowest BCUT2D eigenvalue weighted by atomic mass is 10.2. The highest BCUT2D eigenvalue weighted by atomic mass is 32.1. The van der Waals surface area contributed by atoms with Crippen molar-refractivity contribution in [3.05, 3.63) is 40.8 Å². The first-order valence-corrected chi connectivity index (χ1v) is 10.9. The van der Waals surface area contributed by atoms with Gasteiger partial charge in [0, 0.05) is 19.2 Å². The highest BCUT2D eigenvalue weighted by Crippen LogP contribution is 2.37. The van der Waals surface area contributed by atoms with Crippen LogP contribution in [0.1, 0.15) is 22.2 Å². The van der Waals surface area contributed by atoms with Gasteiger partial charge >= 0.3 is 5.97 Å². The quantitative estimate of drug-likeness (QED) is 0.306. The number of halogens is 1. The van der Waals surface area contributed by atoms with E-state index in [0.29, 0.717) is 27.3 Å². The van der Waals surface area contributed by atoms with Gasteiger partial charge in [-0.2, -0.15) is 0 Å². The van der Waals surface area contributed by atoms with E-state index in [1.165, 1.54) is 25.4 Å². The van der Waals surface area contributed by atoms with E-state index in [1.807, 2.05) is 0 Å². The van der Waals surface area contributed by atoms with E-state index in [9.17, 15) is 18.8 Å². The lowest BCUT2D eigenvalue weighted by molar-refractivity contribution is -0.127. The van der Waals surface area contributed by atoms with Gasteiger partial charge in [0.05, 0.1) is 11.1 Å². The van der Waals surface area contributed by atoms with E-state index in [1.54, 1.807) is 6.92 Å².